The number of carbonyl (C=O) groups is 2. The first-order valence-corrected chi connectivity index (χ1v) is 6.91. The van der Waals surface area contributed by atoms with Crippen molar-refractivity contribution in [1.82, 2.24) is 0 Å². The van der Waals surface area contributed by atoms with Gasteiger partial charge in [0.2, 0.25) is 0 Å². The fraction of sp³-hybridized carbons (Fsp3) is 0.412. The summed E-state index contributed by atoms with van der Waals surface area (Å²) in [6, 6.07) is 9.83. The second kappa shape index (κ2) is 8.11. The van der Waals surface area contributed by atoms with Crippen molar-refractivity contribution in [1.29, 1.82) is 0 Å². The fourth-order valence-electron chi connectivity index (χ4n) is 2.09. The van der Waals surface area contributed by atoms with Gasteiger partial charge in [0, 0.05) is 12.3 Å². The van der Waals surface area contributed by atoms with Crippen molar-refractivity contribution in [2.24, 2.45) is 17.8 Å². The van der Waals surface area contributed by atoms with Crippen molar-refractivity contribution in [2.45, 2.75) is 26.7 Å². The maximum absolute atomic E-state index is 11.1. The van der Waals surface area contributed by atoms with Crippen LogP contribution in [0.25, 0.3) is 0 Å². The summed E-state index contributed by atoms with van der Waals surface area (Å²) in [5, 5.41) is 18.1. The van der Waals surface area contributed by atoms with Crippen LogP contribution >= 0.6 is 0 Å². The van der Waals surface area contributed by atoms with Gasteiger partial charge in [0.15, 0.2) is 5.92 Å². The lowest BCUT2D eigenvalue weighted by Crippen LogP contribution is -2.33. The normalized spacial score (nSPS) is 11.8. The highest BCUT2D eigenvalue weighted by molar-refractivity contribution is 5.93. The van der Waals surface area contributed by atoms with Gasteiger partial charge in [0.25, 0.3) is 0 Å². The molecule has 4 nitrogen and oxygen atoms in total. The molecule has 0 aliphatic heterocycles. The maximum Gasteiger partial charge on any atom is 0.319 e. The van der Waals surface area contributed by atoms with Gasteiger partial charge in [-0.15, -0.1) is 5.92 Å². The molecule has 0 radical (unpaired) electrons. The average Bonchev–Trinajstić information content (AvgIpc) is 2.42. The highest BCUT2D eigenvalue weighted by Crippen LogP contribution is 2.21. The molecular weight excluding hydrogens is 268 g/mol. The number of carboxylic acids is 2. The summed E-state index contributed by atoms with van der Waals surface area (Å²) in [7, 11) is 0. The van der Waals surface area contributed by atoms with Crippen LogP contribution in [0.1, 0.15) is 25.8 Å². The van der Waals surface area contributed by atoms with E-state index in [1.807, 2.05) is 30.3 Å². The third-order valence-corrected chi connectivity index (χ3v) is 3.26. The molecule has 0 saturated heterocycles. The largest absolute Gasteiger partial charge is 0.481 e. The van der Waals surface area contributed by atoms with Crippen LogP contribution < -0.4 is 0 Å². The highest BCUT2D eigenvalue weighted by atomic mass is 16.4. The third kappa shape index (κ3) is 5.31. The van der Waals surface area contributed by atoms with E-state index in [1.165, 1.54) is 0 Å². The Morgan fingerprint density at radius 1 is 1.10 bits per heavy atom. The number of aryl methyl sites for hydroxylation is 1. The van der Waals surface area contributed by atoms with Crippen molar-refractivity contribution >= 4 is 11.9 Å². The maximum atomic E-state index is 11.1. The van der Waals surface area contributed by atoms with E-state index < -0.39 is 23.8 Å². The SMILES string of the molecule is CC(C)[C@H](C#CCCc1ccccc1)C(C(=O)O)C(=O)O. The zero-order valence-corrected chi connectivity index (χ0v) is 12.2. The van der Waals surface area contributed by atoms with Gasteiger partial charge >= 0.3 is 11.9 Å². The Balaban J connectivity index is 2.73. The monoisotopic (exact) mass is 288 g/mol. The Bertz CT molecular complexity index is 523. The molecule has 0 unspecified atom stereocenters. The lowest BCUT2D eigenvalue weighted by molar-refractivity contribution is -0.156. The average molecular weight is 288 g/mol. The molecule has 1 aromatic carbocycles. The van der Waals surface area contributed by atoms with Crippen LogP contribution in [-0.4, -0.2) is 22.2 Å². The van der Waals surface area contributed by atoms with Crippen LogP contribution in [0.5, 0.6) is 0 Å². The second-order valence-corrected chi connectivity index (χ2v) is 5.23. The van der Waals surface area contributed by atoms with Crippen LogP contribution in [0.4, 0.5) is 0 Å². The van der Waals surface area contributed by atoms with Crippen LogP contribution in [-0.2, 0) is 16.0 Å². The van der Waals surface area contributed by atoms with E-state index in [9.17, 15) is 9.59 Å². The molecule has 0 aromatic heterocycles. The summed E-state index contributed by atoms with van der Waals surface area (Å²) in [5.41, 5.74) is 1.15. The molecular formula is C17H20O4. The molecule has 2 N–H and O–H groups in total. The third-order valence-electron chi connectivity index (χ3n) is 3.26. The highest BCUT2D eigenvalue weighted by Gasteiger charge is 2.35. The minimum atomic E-state index is -1.48. The summed E-state index contributed by atoms with van der Waals surface area (Å²) in [6.45, 7) is 3.57. The van der Waals surface area contributed by atoms with Crippen molar-refractivity contribution in [3.05, 3.63) is 35.9 Å². The molecule has 0 saturated carbocycles. The number of hydrogen-bond donors (Lipinski definition) is 2. The van der Waals surface area contributed by atoms with Gasteiger partial charge in [-0.05, 0) is 17.9 Å². The molecule has 0 spiro atoms. The summed E-state index contributed by atoms with van der Waals surface area (Å²) in [4.78, 5) is 22.2. The first-order chi connectivity index (χ1) is 9.93. The van der Waals surface area contributed by atoms with Gasteiger partial charge in [-0.25, -0.2) is 0 Å². The molecule has 0 aliphatic carbocycles. The first kappa shape index (κ1) is 16.8. The Morgan fingerprint density at radius 3 is 2.14 bits per heavy atom. The Kier molecular flexibility index (Phi) is 6.48. The molecule has 112 valence electrons. The molecule has 0 amide bonds. The molecule has 0 bridgehead atoms. The van der Waals surface area contributed by atoms with Gasteiger partial charge in [-0.2, -0.15) is 0 Å². The van der Waals surface area contributed by atoms with Crippen LogP contribution in [0.15, 0.2) is 30.3 Å². The van der Waals surface area contributed by atoms with Gasteiger partial charge in [0.05, 0.1) is 0 Å². The summed E-state index contributed by atoms with van der Waals surface area (Å²) in [5.74, 6) is 0.805. The topological polar surface area (TPSA) is 74.6 Å². The molecule has 0 fully saturated rings. The van der Waals surface area contributed by atoms with Gasteiger partial charge < -0.3 is 10.2 Å². The molecule has 0 heterocycles. The lowest BCUT2D eigenvalue weighted by atomic mass is 9.83. The summed E-state index contributed by atoms with van der Waals surface area (Å²) >= 11 is 0. The quantitative estimate of drug-likeness (QED) is 0.623. The van der Waals surface area contributed by atoms with Crippen LogP contribution in [0.3, 0.4) is 0 Å². The molecule has 0 aliphatic rings. The van der Waals surface area contributed by atoms with E-state index in [1.54, 1.807) is 13.8 Å². The number of aliphatic carboxylic acids is 2. The standard InChI is InChI=1S/C17H20O4/c1-12(2)14(15(16(18)19)17(20)21)11-7-6-10-13-8-4-3-5-9-13/h3-5,8-9,12,14-15H,6,10H2,1-2H3,(H,18,19)(H,20,21)/t14-/m0/s1. The lowest BCUT2D eigenvalue weighted by Gasteiger charge is -2.19. The van der Waals surface area contributed by atoms with Gasteiger partial charge in [-0.3, -0.25) is 9.59 Å². The minimum Gasteiger partial charge on any atom is -0.481 e. The number of benzene rings is 1. The smallest absolute Gasteiger partial charge is 0.319 e. The van der Waals surface area contributed by atoms with Crippen molar-refractivity contribution in [3.8, 4) is 11.8 Å². The van der Waals surface area contributed by atoms with Gasteiger partial charge in [-0.1, -0.05) is 50.1 Å². The van der Waals surface area contributed by atoms with Crippen LogP contribution in [0, 0.1) is 29.6 Å². The first-order valence-electron chi connectivity index (χ1n) is 6.91. The van der Waals surface area contributed by atoms with Gasteiger partial charge in [0.1, 0.15) is 0 Å². The Hall–Kier alpha value is -2.28. The molecule has 1 atom stereocenters. The predicted octanol–water partition coefficient (Wildman–Crippen LogP) is 2.68. The van der Waals surface area contributed by atoms with Crippen molar-refractivity contribution in [2.75, 3.05) is 0 Å². The van der Waals surface area contributed by atoms with E-state index >= 15 is 0 Å². The molecule has 21 heavy (non-hydrogen) atoms. The summed E-state index contributed by atoms with van der Waals surface area (Å²) < 4.78 is 0. The van der Waals surface area contributed by atoms with E-state index in [0.29, 0.717) is 6.42 Å². The minimum absolute atomic E-state index is 0.133. The second-order valence-electron chi connectivity index (χ2n) is 5.23. The van der Waals surface area contributed by atoms with Crippen molar-refractivity contribution in [3.63, 3.8) is 0 Å². The Labute approximate surface area is 124 Å². The number of carboxylic acid groups (broad SMARTS) is 2. The predicted molar refractivity (Wildman–Crippen MR) is 79.6 cm³/mol. The molecule has 4 heteroatoms. The zero-order valence-electron chi connectivity index (χ0n) is 12.2. The zero-order chi connectivity index (χ0) is 15.8. The molecule has 1 aromatic rings. The van der Waals surface area contributed by atoms with E-state index in [4.69, 9.17) is 10.2 Å². The number of rotatable bonds is 6. The number of hydrogen-bond acceptors (Lipinski definition) is 2. The van der Waals surface area contributed by atoms with E-state index in [0.717, 1.165) is 12.0 Å². The Morgan fingerprint density at radius 2 is 1.67 bits per heavy atom. The fourth-order valence-corrected chi connectivity index (χ4v) is 2.09. The van der Waals surface area contributed by atoms with Crippen molar-refractivity contribution < 1.29 is 19.8 Å². The molecule has 1 rings (SSSR count). The van der Waals surface area contributed by atoms with E-state index in [2.05, 4.69) is 11.8 Å². The van der Waals surface area contributed by atoms with Crippen LogP contribution in [0.2, 0.25) is 0 Å². The summed E-state index contributed by atoms with van der Waals surface area (Å²) in [6.07, 6.45) is 1.35. The van der Waals surface area contributed by atoms with E-state index in [-0.39, 0.29) is 5.92 Å².